The van der Waals surface area contributed by atoms with Gasteiger partial charge in [-0.2, -0.15) is 21.6 Å². The van der Waals surface area contributed by atoms with Crippen molar-refractivity contribution in [1.29, 1.82) is 0 Å². The molecule has 0 saturated heterocycles. The Morgan fingerprint density at radius 2 is 1.70 bits per heavy atom. The molecule has 0 aliphatic heterocycles. The number of aromatic nitrogens is 1. The van der Waals surface area contributed by atoms with E-state index in [9.17, 15) is 41.1 Å². The van der Waals surface area contributed by atoms with Gasteiger partial charge in [0.05, 0.1) is 0 Å². The second-order valence-corrected chi connectivity index (χ2v) is 8.85. The number of ether oxygens (including phenoxy) is 1. The van der Waals surface area contributed by atoms with E-state index in [1.807, 2.05) is 0 Å². The maximum Gasteiger partial charge on any atom is 0.534 e. The van der Waals surface area contributed by atoms with Crippen molar-refractivity contribution in [2.45, 2.75) is 18.2 Å². The van der Waals surface area contributed by atoms with Gasteiger partial charge in [0.25, 0.3) is 5.91 Å². The third kappa shape index (κ3) is 7.07. The van der Waals surface area contributed by atoms with Crippen LogP contribution >= 0.6 is 0 Å². The van der Waals surface area contributed by atoms with E-state index in [4.69, 9.17) is 4.74 Å². The molecular weight excluding hydrogens is 523 g/mol. The number of hydrogen-bond acceptors (Lipinski definition) is 8. The predicted octanol–water partition coefficient (Wildman–Crippen LogP) is 2.57. The van der Waals surface area contributed by atoms with Crippen LogP contribution in [0, 0.1) is 0 Å². The zero-order valence-electron chi connectivity index (χ0n) is 18.6. The number of pyridine rings is 1. The van der Waals surface area contributed by atoms with Gasteiger partial charge in [0.15, 0.2) is 5.75 Å². The fourth-order valence-electron chi connectivity index (χ4n) is 2.87. The normalized spacial score (nSPS) is 12.4. The monoisotopic (exact) mass is 541 g/mol. The fraction of sp³-hybridized carbons (Fsp3) is 0.182. The van der Waals surface area contributed by atoms with Crippen LogP contribution in [0.3, 0.4) is 0 Å². The van der Waals surface area contributed by atoms with Gasteiger partial charge in [-0.1, -0.05) is 48.5 Å². The van der Waals surface area contributed by atoms with Gasteiger partial charge in [-0.3, -0.25) is 4.79 Å². The summed E-state index contributed by atoms with van der Waals surface area (Å²) in [6.45, 7) is -0.726. The molecule has 1 aromatic heterocycles. The highest BCUT2D eigenvalue weighted by Crippen LogP contribution is 2.31. The van der Waals surface area contributed by atoms with Gasteiger partial charge < -0.3 is 24.7 Å². The number of rotatable bonds is 9. The first-order valence-electron chi connectivity index (χ1n) is 10.3. The molecule has 2 aromatic carbocycles. The van der Waals surface area contributed by atoms with E-state index in [-0.39, 0.29) is 23.2 Å². The Morgan fingerprint density at radius 3 is 2.35 bits per heavy atom. The van der Waals surface area contributed by atoms with Crippen LogP contribution < -0.4 is 14.8 Å². The van der Waals surface area contributed by atoms with Crippen LogP contribution in [-0.4, -0.2) is 54.6 Å². The van der Waals surface area contributed by atoms with Crippen molar-refractivity contribution in [3.05, 3.63) is 71.9 Å². The molecule has 2 amide bonds. The Bertz CT molecular complexity index is 1420. The standard InChI is InChI=1S/C22H18F3N3O8S/c23-22(24,25)37(33,34)36-17-8-4-7-14-9-10-15(27-18(14)17)19(29)26-11-16(20(30)31)28-21(32)35-12-13-5-2-1-3-6-13/h1-10,16H,11-12H2,(H,26,29)(H,28,32)(H,30,31). The molecular formula is C22H18F3N3O8S. The van der Waals surface area contributed by atoms with Crippen molar-refractivity contribution in [1.82, 2.24) is 15.6 Å². The van der Waals surface area contributed by atoms with Crippen LogP contribution in [0.2, 0.25) is 0 Å². The van der Waals surface area contributed by atoms with Crippen LogP contribution in [-0.2, 0) is 26.3 Å². The van der Waals surface area contributed by atoms with Gasteiger partial charge >= 0.3 is 27.7 Å². The number of halogens is 3. The minimum Gasteiger partial charge on any atom is -0.480 e. The van der Waals surface area contributed by atoms with Crippen LogP contribution in [0.4, 0.5) is 18.0 Å². The maximum absolute atomic E-state index is 12.7. The molecule has 0 bridgehead atoms. The number of alkyl carbamates (subject to hydrolysis) is 1. The summed E-state index contributed by atoms with van der Waals surface area (Å²) in [4.78, 5) is 39.8. The largest absolute Gasteiger partial charge is 0.534 e. The first-order valence-corrected chi connectivity index (χ1v) is 11.7. The smallest absolute Gasteiger partial charge is 0.480 e. The van der Waals surface area contributed by atoms with Crippen molar-refractivity contribution in [2.75, 3.05) is 6.54 Å². The predicted molar refractivity (Wildman–Crippen MR) is 121 cm³/mol. The molecule has 0 saturated carbocycles. The van der Waals surface area contributed by atoms with Gasteiger partial charge in [0, 0.05) is 11.9 Å². The summed E-state index contributed by atoms with van der Waals surface area (Å²) in [7, 11) is -6.00. The number of fused-ring (bicyclic) bond motifs is 1. The SMILES string of the molecule is O=C(NC(CNC(=O)c1ccc2cccc(OS(=O)(=O)C(F)(F)F)c2n1)C(=O)O)OCc1ccccc1. The van der Waals surface area contributed by atoms with Crippen molar-refractivity contribution in [2.24, 2.45) is 0 Å². The molecule has 1 atom stereocenters. The molecule has 11 nitrogen and oxygen atoms in total. The zero-order valence-corrected chi connectivity index (χ0v) is 19.4. The van der Waals surface area contributed by atoms with E-state index in [1.165, 1.54) is 24.3 Å². The van der Waals surface area contributed by atoms with Crippen LogP contribution in [0.5, 0.6) is 5.75 Å². The number of para-hydroxylation sites is 1. The lowest BCUT2D eigenvalue weighted by molar-refractivity contribution is -0.139. The van der Waals surface area contributed by atoms with Crippen molar-refractivity contribution >= 4 is 39.0 Å². The lowest BCUT2D eigenvalue weighted by Crippen LogP contribution is -2.48. The summed E-state index contributed by atoms with van der Waals surface area (Å²) >= 11 is 0. The quantitative estimate of drug-likeness (QED) is 0.273. The second-order valence-electron chi connectivity index (χ2n) is 7.31. The molecule has 3 N–H and O–H groups in total. The minimum atomic E-state index is -6.00. The van der Waals surface area contributed by atoms with Crippen LogP contribution in [0.15, 0.2) is 60.7 Å². The summed E-state index contributed by atoms with van der Waals surface area (Å²) in [5.41, 5.74) is -5.78. The van der Waals surface area contributed by atoms with Gasteiger partial charge in [-0.05, 0) is 17.7 Å². The third-order valence-corrected chi connectivity index (χ3v) is 5.63. The molecule has 0 radical (unpaired) electrons. The molecule has 1 unspecified atom stereocenters. The number of carbonyl (C=O) groups is 3. The average Bonchev–Trinajstić information content (AvgIpc) is 2.84. The number of alkyl halides is 3. The Labute approximate surface area is 207 Å². The Hall–Kier alpha value is -4.40. The fourth-order valence-corrected chi connectivity index (χ4v) is 3.34. The summed E-state index contributed by atoms with van der Waals surface area (Å²) in [6, 6.07) is 13.0. The lowest BCUT2D eigenvalue weighted by Gasteiger charge is -2.15. The van der Waals surface area contributed by atoms with Gasteiger partial charge in [0.2, 0.25) is 0 Å². The van der Waals surface area contributed by atoms with E-state index >= 15 is 0 Å². The molecule has 196 valence electrons. The second kappa shape index (κ2) is 11.1. The number of carboxylic acid groups (broad SMARTS) is 1. The molecule has 0 aliphatic carbocycles. The van der Waals surface area contributed by atoms with Crippen LogP contribution in [0.25, 0.3) is 10.9 Å². The summed E-state index contributed by atoms with van der Waals surface area (Å²) in [6.07, 6.45) is -1.05. The molecule has 3 rings (SSSR count). The molecule has 1 heterocycles. The van der Waals surface area contributed by atoms with E-state index in [2.05, 4.69) is 19.8 Å². The Morgan fingerprint density at radius 1 is 1.00 bits per heavy atom. The third-order valence-electron chi connectivity index (χ3n) is 4.67. The first kappa shape index (κ1) is 27.2. The van der Waals surface area contributed by atoms with Gasteiger partial charge in [-0.15, -0.1) is 0 Å². The molecule has 15 heteroatoms. The molecule has 3 aromatic rings. The minimum absolute atomic E-state index is 0.124. The lowest BCUT2D eigenvalue weighted by atomic mass is 10.2. The molecule has 0 fully saturated rings. The highest BCUT2D eigenvalue weighted by Gasteiger charge is 2.48. The highest BCUT2D eigenvalue weighted by molar-refractivity contribution is 7.88. The number of nitrogens with one attached hydrogen (secondary N) is 2. The van der Waals surface area contributed by atoms with Crippen LogP contribution in [0.1, 0.15) is 16.1 Å². The Balaban J connectivity index is 1.68. The number of benzene rings is 2. The summed E-state index contributed by atoms with van der Waals surface area (Å²) in [5, 5.41) is 13.8. The molecule has 0 aliphatic rings. The average molecular weight is 541 g/mol. The number of amides is 2. The number of hydrogen-bond donors (Lipinski definition) is 3. The van der Waals surface area contributed by atoms with Crippen molar-refractivity contribution < 1.29 is 50.0 Å². The topological polar surface area (TPSA) is 161 Å². The number of carbonyl (C=O) groups excluding carboxylic acids is 2. The zero-order chi connectivity index (χ0) is 27.2. The summed E-state index contributed by atoms with van der Waals surface area (Å²) < 4.78 is 70.0. The molecule has 0 spiro atoms. The van der Waals surface area contributed by atoms with E-state index in [1.54, 1.807) is 30.3 Å². The van der Waals surface area contributed by atoms with Gasteiger partial charge in [-0.25, -0.2) is 14.6 Å². The van der Waals surface area contributed by atoms with Crippen molar-refractivity contribution in [3.8, 4) is 5.75 Å². The first-order chi connectivity index (χ1) is 17.4. The number of aliphatic carboxylic acids is 1. The summed E-state index contributed by atoms with van der Waals surface area (Å²) in [5.74, 6) is -3.21. The van der Waals surface area contributed by atoms with E-state index < -0.39 is 51.9 Å². The Kier molecular flexibility index (Phi) is 8.17. The van der Waals surface area contributed by atoms with Gasteiger partial charge in [0.1, 0.15) is 23.9 Å². The maximum atomic E-state index is 12.7. The number of carboxylic acids is 1. The van der Waals surface area contributed by atoms with Crippen molar-refractivity contribution in [3.63, 3.8) is 0 Å². The number of nitrogens with zero attached hydrogens (tertiary/aromatic N) is 1. The highest BCUT2D eigenvalue weighted by atomic mass is 32.2. The van der Waals surface area contributed by atoms with E-state index in [0.717, 1.165) is 6.07 Å². The van der Waals surface area contributed by atoms with E-state index in [0.29, 0.717) is 5.56 Å². The molecule has 37 heavy (non-hydrogen) atoms.